The lowest BCUT2D eigenvalue weighted by Crippen LogP contribution is -1.98. The SMILES string of the molecule is c1cc(NC2CC2)c[nH]1. The molecule has 1 heterocycles. The summed E-state index contributed by atoms with van der Waals surface area (Å²) in [4.78, 5) is 3.00. The van der Waals surface area contributed by atoms with Crippen LogP contribution in [-0.4, -0.2) is 11.0 Å². The van der Waals surface area contributed by atoms with Crippen molar-refractivity contribution in [3.05, 3.63) is 18.5 Å². The first kappa shape index (κ1) is 4.91. The predicted octanol–water partition coefficient (Wildman–Crippen LogP) is 1.59. The fraction of sp³-hybridized carbons (Fsp3) is 0.429. The highest BCUT2D eigenvalue weighted by atomic mass is 15.0. The Bertz CT molecular complexity index is 175. The Morgan fingerprint density at radius 2 is 2.44 bits per heavy atom. The smallest absolute Gasteiger partial charge is 0.0519 e. The molecule has 0 radical (unpaired) electrons. The predicted molar refractivity (Wildman–Crippen MR) is 37.4 cm³/mol. The van der Waals surface area contributed by atoms with E-state index >= 15 is 0 Å². The first-order chi connectivity index (χ1) is 4.45. The van der Waals surface area contributed by atoms with Crippen molar-refractivity contribution in [2.24, 2.45) is 0 Å². The van der Waals surface area contributed by atoms with E-state index in [0.717, 1.165) is 6.04 Å². The second kappa shape index (κ2) is 1.79. The molecule has 0 saturated heterocycles. The van der Waals surface area contributed by atoms with E-state index in [0.29, 0.717) is 0 Å². The maximum absolute atomic E-state index is 3.36. The van der Waals surface area contributed by atoms with Crippen LogP contribution in [0.15, 0.2) is 18.5 Å². The summed E-state index contributed by atoms with van der Waals surface area (Å²) in [5.41, 5.74) is 1.22. The second-order valence-corrected chi connectivity index (χ2v) is 2.52. The molecule has 48 valence electrons. The molecule has 0 aromatic carbocycles. The van der Waals surface area contributed by atoms with Gasteiger partial charge in [0, 0.05) is 18.4 Å². The third-order valence-electron chi connectivity index (χ3n) is 1.55. The summed E-state index contributed by atoms with van der Waals surface area (Å²) in [5, 5.41) is 3.36. The Balaban J connectivity index is 1.99. The minimum atomic E-state index is 0.765. The van der Waals surface area contributed by atoms with Gasteiger partial charge >= 0.3 is 0 Å². The Morgan fingerprint density at radius 3 is 3.00 bits per heavy atom. The van der Waals surface area contributed by atoms with Gasteiger partial charge in [-0.05, 0) is 18.9 Å². The van der Waals surface area contributed by atoms with Gasteiger partial charge in [0.05, 0.1) is 5.69 Å². The van der Waals surface area contributed by atoms with Crippen LogP contribution < -0.4 is 5.32 Å². The second-order valence-electron chi connectivity index (χ2n) is 2.52. The van der Waals surface area contributed by atoms with Gasteiger partial charge in [0.2, 0.25) is 0 Å². The van der Waals surface area contributed by atoms with Crippen molar-refractivity contribution >= 4 is 5.69 Å². The molecule has 0 unspecified atom stereocenters. The molecule has 2 N–H and O–H groups in total. The van der Waals surface area contributed by atoms with Gasteiger partial charge in [0.1, 0.15) is 0 Å². The standard InChI is InChI=1S/C7H10N2/c1-2-6(1)9-7-3-4-8-5-7/h3-6,8-9H,1-2H2. The van der Waals surface area contributed by atoms with Gasteiger partial charge in [0.15, 0.2) is 0 Å². The average Bonchev–Trinajstić information content (AvgIpc) is 2.46. The molecule has 1 fully saturated rings. The summed E-state index contributed by atoms with van der Waals surface area (Å²) in [5.74, 6) is 0. The molecule has 1 aromatic heterocycles. The van der Waals surface area contributed by atoms with E-state index < -0.39 is 0 Å². The molecule has 0 bridgehead atoms. The van der Waals surface area contributed by atoms with E-state index in [1.54, 1.807) is 0 Å². The highest BCUT2D eigenvalue weighted by Gasteiger charge is 2.20. The van der Waals surface area contributed by atoms with Crippen LogP contribution in [0.4, 0.5) is 5.69 Å². The molecule has 2 nitrogen and oxygen atoms in total. The number of rotatable bonds is 2. The van der Waals surface area contributed by atoms with E-state index in [9.17, 15) is 0 Å². The van der Waals surface area contributed by atoms with Crippen LogP contribution in [0.3, 0.4) is 0 Å². The van der Waals surface area contributed by atoms with Gasteiger partial charge < -0.3 is 10.3 Å². The molecule has 2 heteroatoms. The average molecular weight is 122 g/mol. The van der Waals surface area contributed by atoms with Crippen molar-refractivity contribution in [2.45, 2.75) is 18.9 Å². The highest BCUT2D eigenvalue weighted by molar-refractivity contribution is 5.42. The minimum Gasteiger partial charge on any atom is -0.381 e. The molecule has 1 aromatic rings. The lowest BCUT2D eigenvalue weighted by atomic mass is 10.5. The quantitative estimate of drug-likeness (QED) is 0.612. The Kier molecular flexibility index (Phi) is 0.979. The molecule has 1 aliphatic carbocycles. The summed E-state index contributed by atoms with van der Waals surface area (Å²) in [7, 11) is 0. The fourth-order valence-corrected chi connectivity index (χ4v) is 0.877. The molecule has 0 atom stereocenters. The van der Waals surface area contributed by atoms with Crippen molar-refractivity contribution < 1.29 is 0 Å². The van der Waals surface area contributed by atoms with Gasteiger partial charge in [-0.25, -0.2) is 0 Å². The highest BCUT2D eigenvalue weighted by Crippen LogP contribution is 2.23. The number of aromatic amines is 1. The van der Waals surface area contributed by atoms with E-state index in [1.165, 1.54) is 18.5 Å². The zero-order valence-electron chi connectivity index (χ0n) is 5.22. The molecule has 0 aliphatic heterocycles. The van der Waals surface area contributed by atoms with E-state index in [-0.39, 0.29) is 0 Å². The fourth-order valence-electron chi connectivity index (χ4n) is 0.877. The Labute approximate surface area is 54.3 Å². The van der Waals surface area contributed by atoms with Crippen molar-refractivity contribution in [3.8, 4) is 0 Å². The maximum Gasteiger partial charge on any atom is 0.0519 e. The Morgan fingerprint density at radius 1 is 1.56 bits per heavy atom. The van der Waals surface area contributed by atoms with Crippen molar-refractivity contribution in [3.63, 3.8) is 0 Å². The summed E-state index contributed by atoms with van der Waals surface area (Å²) < 4.78 is 0. The van der Waals surface area contributed by atoms with Crippen LogP contribution in [0, 0.1) is 0 Å². The van der Waals surface area contributed by atoms with Crippen LogP contribution in [0.2, 0.25) is 0 Å². The topological polar surface area (TPSA) is 27.8 Å². The maximum atomic E-state index is 3.36. The van der Waals surface area contributed by atoms with Crippen molar-refractivity contribution in [1.29, 1.82) is 0 Å². The third-order valence-corrected chi connectivity index (χ3v) is 1.55. The third kappa shape index (κ3) is 1.07. The van der Waals surface area contributed by atoms with Gasteiger partial charge in [-0.15, -0.1) is 0 Å². The lowest BCUT2D eigenvalue weighted by molar-refractivity contribution is 1.16. The minimum absolute atomic E-state index is 0.765. The van der Waals surface area contributed by atoms with E-state index in [2.05, 4.69) is 16.4 Å². The number of anilines is 1. The first-order valence-corrected chi connectivity index (χ1v) is 3.34. The summed E-state index contributed by atoms with van der Waals surface area (Å²) in [6.45, 7) is 0. The number of nitrogens with one attached hydrogen (secondary N) is 2. The van der Waals surface area contributed by atoms with Crippen LogP contribution in [-0.2, 0) is 0 Å². The molecule has 1 saturated carbocycles. The van der Waals surface area contributed by atoms with Crippen LogP contribution in [0.25, 0.3) is 0 Å². The van der Waals surface area contributed by atoms with Crippen LogP contribution in [0.5, 0.6) is 0 Å². The number of hydrogen-bond acceptors (Lipinski definition) is 1. The van der Waals surface area contributed by atoms with Crippen LogP contribution in [0.1, 0.15) is 12.8 Å². The lowest BCUT2D eigenvalue weighted by Gasteiger charge is -1.96. The molecule has 9 heavy (non-hydrogen) atoms. The normalized spacial score (nSPS) is 17.8. The largest absolute Gasteiger partial charge is 0.381 e. The summed E-state index contributed by atoms with van der Waals surface area (Å²) in [6.07, 6.45) is 6.60. The first-order valence-electron chi connectivity index (χ1n) is 3.34. The van der Waals surface area contributed by atoms with Gasteiger partial charge in [0.25, 0.3) is 0 Å². The molecule has 0 amide bonds. The van der Waals surface area contributed by atoms with Crippen molar-refractivity contribution in [1.82, 2.24) is 4.98 Å². The Hall–Kier alpha value is -0.920. The van der Waals surface area contributed by atoms with Crippen LogP contribution >= 0.6 is 0 Å². The van der Waals surface area contributed by atoms with Gasteiger partial charge in [-0.2, -0.15) is 0 Å². The van der Waals surface area contributed by atoms with Crippen molar-refractivity contribution in [2.75, 3.05) is 5.32 Å². The zero-order valence-corrected chi connectivity index (χ0v) is 5.22. The summed E-state index contributed by atoms with van der Waals surface area (Å²) in [6, 6.07) is 2.82. The van der Waals surface area contributed by atoms with Gasteiger partial charge in [-0.1, -0.05) is 0 Å². The molecule has 0 spiro atoms. The van der Waals surface area contributed by atoms with E-state index in [4.69, 9.17) is 0 Å². The molecular weight excluding hydrogens is 112 g/mol. The number of aromatic nitrogens is 1. The molecule has 2 rings (SSSR count). The number of H-pyrrole nitrogens is 1. The number of hydrogen-bond donors (Lipinski definition) is 2. The monoisotopic (exact) mass is 122 g/mol. The summed E-state index contributed by atoms with van der Waals surface area (Å²) >= 11 is 0. The van der Waals surface area contributed by atoms with E-state index in [1.807, 2.05) is 12.4 Å². The molecular formula is C7H10N2. The zero-order chi connectivity index (χ0) is 6.10. The van der Waals surface area contributed by atoms with Gasteiger partial charge in [-0.3, -0.25) is 0 Å². The molecule has 1 aliphatic rings.